The van der Waals surface area contributed by atoms with E-state index in [1.54, 1.807) is 6.21 Å². The Bertz CT molecular complexity index is 1180. The van der Waals surface area contributed by atoms with Crippen molar-refractivity contribution in [3.63, 3.8) is 0 Å². The number of benzene rings is 3. The summed E-state index contributed by atoms with van der Waals surface area (Å²) in [6, 6.07) is 27.3. The molecular weight excluding hydrogens is 474 g/mol. The van der Waals surface area contributed by atoms with E-state index in [1.807, 2.05) is 89.5 Å². The average Bonchev–Trinajstić information content (AvgIpc) is 3.23. The van der Waals surface area contributed by atoms with Gasteiger partial charge in [0.25, 0.3) is 5.91 Å². The molecule has 1 amide bonds. The van der Waals surface area contributed by atoms with Crippen LogP contribution in [0.25, 0.3) is 17.1 Å². The summed E-state index contributed by atoms with van der Waals surface area (Å²) in [5.41, 5.74) is 5.33. The fourth-order valence-corrected chi connectivity index (χ4v) is 3.85. The Morgan fingerprint density at radius 2 is 1.65 bits per heavy atom. The molecular formula is C23H18BrN5OS. The van der Waals surface area contributed by atoms with Crippen LogP contribution in [0.3, 0.4) is 0 Å². The van der Waals surface area contributed by atoms with E-state index in [0.717, 1.165) is 21.3 Å². The molecule has 0 aliphatic rings. The molecule has 4 rings (SSSR count). The largest absolute Gasteiger partial charge is 0.272 e. The van der Waals surface area contributed by atoms with Gasteiger partial charge in [-0.15, -0.1) is 10.2 Å². The summed E-state index contributed by atoms with van der Waals surface area (Å²) in [5, 5.41) is 13.4. The second-order valence-electron chi connectivity index (χ2n) is 6.48. The zero-order valence-corrected chi connectivity index (χ0v) is 18.8. The Morgan fingerprint density at radius 1 is 0.968 bits per heavy atom. The third kappa shape index (κ3) is 5.48. The van der Waals surface area contributed by atoms with Crippen LogP contribution >= 0.6 is 27.7 Å². The number of nitrogens with zero attached hydrogens (tertiary/aromatic N) is 4. The monoisotopic (exact) mass is 491 g/mol. The highest BCUT2D eigenvalue weighted by Gasteiger charge is 2.17. The number of nitrogens with one attached hydrogen (secondary N) is 1. The first-order valence-corrected chi connectivity index (χ1v) is 11.2. The number of rotatable bonds is 7. The van der Waals surface area contributed by atoms with Gasteiger partial charge in [0, 0.05) is 15.7 Å². The SMILES string of the molecule is O=C(CSc1nnc(-c2ccccc2)n1-c1ccc(Br)cc1)NN=Cc1ccccc1. The van der Waals surface area contributed by atoms with Crippen molar-refractivity contribution in [3.8, 4) is 17.1 Å². The molecule has 0 atom stereocenters. The van der Waals surface area contributed by atoms with E-state index in [2.05, 4.69) is 36.7 Å². The fourth-order valence-electron chi connectivity index (χ4n) is 2.84. The van der Waals surface area contributed by atoms with Crippen LogP contribution in [0.15, 0.2) is 99.7 Å². The Morgan fingerprint density at radius 3 is 2.35 bits per heavy atom. The third-order valence-electron chi connectivity index (χ3n) is 4.28. The number of carbonyl (C=O) groups excluding carboxylic acids is 1. The third-order valence-corrected chi connectivity index (χ3v) is 5.74. The first-order valence-electron chi connectivity index (χ1n) is 9.47. The van der Waals surface area contributed by atoms with Gasteiger partial charge in [-0.25, -0.2) is 5.43 Å². The summed E-state index contributed by atoms with van der Waals surface area (Å²) in [7, 11) is 0. The topological polar surface area (TPSA) is 72.2 Å². The van der Waals surface area contributed by atoms with Gasteiger partial charge < -0.3 is 0 Å². The Balaban J connectivity index is 1.51. The highest BCUT2D eigenvalue weighted by atomic mass is 79.9. The molecule has 8 heteroatoms. The van der Waals surface area contributed by atoms with E-state index >= 15 is 0 Å². The standard InChI is InChI=1S/C23H18BrN5OS/c24-19-11-13-20(14-12-19)29-22(18-9-5-2-6-10-18)27-28-23(29)31-16-21(30)26-25-15-17-7-3-1-4-8-17/h1-15H,16H2,(H,26,30). The van der Waals surface area contributed by atoms with Crippen molar-refractivity contribution >= 4 is 39.8 Å². The van der Waals surface area contributed by atoms with Crippen LogP contribution in [0.2, 0.25) is 0 Å². The van der Waals surface area contributed by atoms with Gasteiger partial charge in [-0.2, -0.15) is 5.10 Å². The lowest BCUT2D eigenvalue weighted by Gasteiger charge is -2.10. The number of carbonyl (C=O) groups is 1. The summed E-state index contributed by atoms with van der Waals surface area (Å²) in [6.45, 7) is 0. The summed E-state index contributed by atoms with van der Waals surface area (Å²) in [5.74, 6) is 0.659. The number of hydrogen-bond acceptors (Lipinski definition) is 5. The average molecular weight is 492 g/mol. The highest BCUT2D eigenvalue weighted by Crippen LogP contribution is 2.28. The van der Waals surface area contributed by atoms with E-state index in [1.165, 1.54) is 11.8 Å². The zero-order valence-electron chi connectivity index (χ0n) is 16.4. The summed E-state index contributed by atoms with van der Waals surface area (Å²) < 4.78 is 2.93. The van der Waals surface area contributed by atoms with E-state index in [4.69, 9.17) is 0 Å². The van der Waals surface area contributed by atoms with Crippen molar-refractivity contribution in [2.75, 3.05) is 5.75 Å². The van der Waals surface area contributed by atoms with Crippen LogP contribution in [0, 0.1) is 0 Å². The summed E-state index contributed by atoms with van der Waals surface area (Å²) >= 11 is 4.78. The smallest absolute Gasteiger partial charge is 0.250 e. The molecule has 0 saturated heterocycles. The van der Waals surface area contributed by atoms with Crippen LogP contribution in [0.4, 0.5) is 0 Å². The van der Waals surface area contributed by atoms with Gasteiger partial charge in [-0.05, 0) is 29.8 Å². The number of aromatic nitrogens is 3. The Labute approximate surface area is 192 Å². The molecule has 154 valence electrons. The lowest BCUT2D eigenvalue weighted by molar-refractivity contribution is -0.118. The van der Waals surface area contributed by atoms with Gasteiger partial charge in [-0.1, -0.05) is 88.4 Å². The predicted molar refractivity (Wildman–Crippen MR) is 127 cm³/mol. The van der Waals surface area contributed by atoms with E-state index < -0.39 is 0 Å². The second-order valence-corrected chi connectivity index (χ2v) is 8.33. The fraction of sp³-hybridized carbons (Fsp3) is 0.0435. The van der Waals surface area contributed by atoms with E-state index in [0.29, 0.717) is 11.0 Å². The highest BCUT2D eigenvalue weighted by molar-refractivity contribution is 9.10. The van der Waals surface area contributed by atoms with Crippen molar-refractivity contribution in [2.24, 2.45) is 5.10 Å². The molecule has 0 unspecified atom stereocenters. The van der Waals surface area contributed by atoms with Gasteiger partial charge in [0.05, 0.1) is 12.0 Å². The lowest BCUT2D eigenvalue weighted by atomic mass is 10.2. The molecule has 0 radical (unpaired) electrons. The first-order chi connectivity index (χ1) is 15.2. The minimum Gasteiger partial charge on any atom is -0.272 e. The second kappa shape index (κ2) is 10.2. The summed E-state index contributed by atoms with van der Waals surface area (Å²) in [6.07, 6.45) is 1.61. The maximum Gasteiger partial charge on any atom is 0.250 e. The molecule has 0 aliphatic carbocycles. The van der Waals surface area contributed by atoms with Gasteiger partial charge in [0.2, 0.25) is 0 Å². The van der Waals surface area contributed by atoms with E-state index in [9.17, 15) is 4.79 Å². The predicted octanol–water partition coefficient (Wildman–Crippen LogP) is 4.94. The molecule has 1 heterocycles. The molecule has 1 aromatic heterocycles. The van der Waals surface area contributed by atoms with Gasteiger partial charge in [0.1, 0.15) is 0 Å². The van der Waals surface area contributed by atoms with Gasteiger partial charge in [0.15, 0.2) is 11.0 Å². The van der Waals surface area contributed by atoms with Gasteiger partial charge >= 0.3 is 0 Å². The molecule has 6 nitrogen and oxygen atoms in total. The normalized spacial score (nSPS) is 11.0. The molecule has 3 aromatic carbocycles. The van der Waals surface area contributed by atoms with Crippen molar-refractivity contribution < 1.29 is 4.79 Å². The number of hydrazone groups is 1. The van der Waals surface area contributed by atoms with Crippen LogP contribution in [0.1, 0.15) is 5.56 Å². The molecule has 0 bridgehead atoms. The molecule has 0 saturated carbocycles. The van der Waals surface area contributed by atoms with Gasteiger partial charge in [-0.3, -0.25) is 9.36 Å². The number of hydrogen-bond donors (Lipinski definition) is 1. The first kappa shape index (κ1) is 21.0. The minimum absolute atomic E-state index is 0.162. The number of amides is 1. The molecule has 0 fully saturated rings. The Kier molecular flexibility index (Phi) is 6.91. The van der Waals surface area contributed by atoms with Crippen molar-refractivity contribution in [1.29, 1.82) is 0 Å². The number of halogens is 1. The molecule has 31 heavy (non-hydrogen) atoms. The minimum atomic E-state index is -0.219. The van der Waals surface area contributed by atoms with Crippen molar-refractivity contribution in [1.82, 2.24) is 20.2 Å². The number of thioether (sulfide) groups is 1. The van der Waals surface area contributed by atoms with Crippen LogP contribution in [0.5, 0.6) is 0 Å². The zero-order chi connectivity index (χ0) is 21.5. The summed E-state index contributed by atoms with van der Waals surface area (Å²) in [4.78, 5) is 12.3. The lowest BCUT2D eigenvalue weighted by Crippen LogP contribution is -2.20. The Hall–Kier alpha value is -3.23. The maximum atomic E-state index is 12.3. The molecule has 1 N–H and O–H groups in total. The molecule has 4 aromatic rings. The maximum absolute atomic E-state index is 12.3. The quantitative estimate of drug-likeness (QED) is 0.225. The van der Waals surface area contributed by atoms with Crippen LogP contribution in [-0.4, -0.2) is 32.6 Å². The molecule has 0 spiro atoms. The van der Waals surface area contributed by atoms with Crippen LogP contribution in [-0.2, 0) is 4.79 Å². The van der Waals surface area contributed by atoms with E-state index in [-0.39, 0.29) is 11.7 Å². The molecule has 0 aliphatic heterocycles. The van der Waals surface area contributed by atoms with Crippen molar-refractivity contribution in [2.45, 2.75) is 5.16 Å². The van der Waals surface area contributed by atoms with Crippen molar-refractivity contribution in [3.05, 3.63) is 95.0 Å². The van der Waals surface area contributed by atoms with Crippen LogP contribution < -0.4 is 5.43 Å².